The molecule has 0 aromatic heterocycles. The second kappa shape index (κ2) is 5.95. The van der Waals surface area contributed by atoms with Gasteiger partial charge in [-0.2, -0.15) is 0 Å². The molecule has 3 nitrogen and oxygen atoms in total. The molecule has 0 saturated carbocycles. The monoisotopic (exact) mass is 220 g/mol. The van der Waals surface area contributed by atoms with E-state index in [9.17, 15) is 4.79 Å². The minimum absolute atomic E-state index is 0.362. The van der Waals surface area contributed by atoms with E-state index < -0.39 is 0 Å². The maximum Gasteiger partial charge on any atom is 0.330 e. The number of benzene rings is 1. The number of hydrogen-bond acceptors (Lipinski definition) is 3. The van der Waals surface area contributed by atoms with E-state index in [1.807, 2.05) is 32.0 Å². The van der Waals surface area contributed by atoms with Crippen LogP contribution in [0.2, 0.25) is 0 Å². The zero-order valence-corrected chi connectivity index (χ0v) is 9.82. The van der Waals surface area contributed by atoms with Crippen molar-refractivity contribution in [2.45, 2.75) is 13.8 Å². The van der Waals surface area contributed by atoms with E-state index in [0.29, 0.717) is 6.61 Å². The Morgan fingerprint density at radius 1 is 1.44 bits per heavy atom. The number of hydrogen-bond donors (Lipinski definition) is 0. The summed E-state index contributed by atoms with van der Waals surface area (Å²) in [6.45, 7) is 4.56. The second-order valence-electron chi connectivity index (χ2n) is 3.31. The molecule has 1 aromatic carbocycles. The van der Waals surface area contributed by atoms with Gasteiger partial charge in [0.05, 0.1) is 13.7 Å². The first-order chi connectivity index (χ1) is 7.67. The van der Waals surface area contributed by atoms with E-state index in [1.54, 1.807) is 6.08 Å². The summed E-state index contributed by atoms with van der Waals surface area (Å²) in [7, 11) is 1.35. The molecular formula is C13H16O3. The summed E-state index contributed by atoms with van der Waals surface area (Å²) < 4.78 is 9.98. The fourth-order valence-corrected chi connectivity index (χ4v) is 1.26. The highest BCUT2D eigenvalue weighted by Gasteiger charge is 1.99. The van der Waals surface area contributed by atoms with E-state index >= 15 is 0 Å². The minimum Gasteiger partial charge on any atom is -0.494 e. The molecule has 86 valence electrons. The van der Waals surface area contributed by atoms with E-state index in [1.165, 1.54) is 13.2 Å². The lowest BCUT2D eigenvalue weighted by molar-refractivity contribution is -0.134. The highest BCUT2D eigenvalue weighted by atomic mass is 16.5. The Morgan fingerprint density at radius 3 is 2.81 bits per heavy atom. The molecule has 0 bridgehead atoms. The van der Waals surface area contributed by atoms with Gasteiger partial charge < -0.3 is 9.47 Å². The quantitative estimate of drug-likeness (QED) is 0.578. The molecule has 3 heteroatoms. The van der Waals surface area contributed by atoms with Gasteiger partial charge in [-0.1, -0.05) is 12.1 Å². The standard InChI is InChI=1S/C13H16O3/c1-4-16-12-9-11(6-5-10(12)2)7-8-13(14)15-3/h5-9H,4H2,1-3H3/b8-7+. The van der Waals surface area contributed by atoms with Gasteiger partial charge in [0, 0.05) is 6.08 Å². The fraction of sp³-hybridized carbons (Fsp3) is 0.308. The van der Waals surface area contributed by atoms with Crippen LogP contribution in [0.5, 0.6) is 5.75 Å². The van der Waals surface area contributed by atoms with Crippen LogP contribution in [0.15, 0.2) is 24.3 Å². The maximum absolute atomic E-state index is 10.9. The van der Waals surface area contributed by atoms with E-state index in [4.69, 9.17) is 4.74 Å². The number of aryl methyl sites for hydroxylation is 1. The zero-order chi connectivity index (χ0) is 12.0. The van der Waals surface area contributed by atoms with Crippen molar-refractivity contribution in [1.82, 2.24) is 0 Å². The molecule has 0 N–H and O–H groups in total. The van der Waals surface area contributed by atoms with Crippen LogP contribution in [-0.4, -0.2) is 19.7 Å². The molecule has 0 saturated heterocycles. The van der Waals surface area contributed by atoms with Crippen LogP contribution in [-0.2, 0) is 9.53 Å². The fourth-order valence-electron chi connectivity index (χ4n) is 1.26. The summed E-state index contributed by atoms with van der Waals surface area (Å²) >= 11 is 0. The van der Waals surface area contributed by atoms with E-state index in [-0.39, 0.29) is 5.97 Å². The van der Waals surface area contributed by atoms with Crippen molar-refractivity contribution in [1.29, 1.82) is 0 Å². The molecule has 0 radical (unpaired) electrons. The van der Waals surface area contributed by atoms with Crippen LogP contribution in [0.1, 0.15) is 18.1 Å². The lowest BCUT2D eigenvalue weighted by Gasteiger charge is -2.07. The van der Waals surface area contributed by atoms with Crippen molar-refractivity contribution in [3.05, 3.63) is 35.4 Å². The zero-order valence-electron chi connectivity index (χ0n) is 9.82. The Kier molecular flexibility index (Phi) is 4.58. The minimum atomic E-state index is -0.362. The first-order valence-corrected chi connectivity index (χ1v) is 5.17. The second-order valence-corrected chi connectivity index (χ2v) is 3.31. The van der Waals surface area contributed by atoms with Gasteiger partial charge in [0.2, 0.25) is 0 Å². The smallest absolute Gasteiger partial charge is 0.330 e. The van der Waals surface area contributed by atoms with Gasteiger partial charge in [0.15, 0.2) is 0 Å². The molecule has 0 spiro atoms. The van der Waals surface area contributed by atoms with Crippen molar-refractivity contribution < 1.29 is 14.3 Å². The Balaban J connectivity index is 2.86. The van der Waals surface area contributed by atoms with Crippen molar-refractivity contribution in [2.24, 2.45) is 0 Å². The highest BCUT2D eigenvalue weighted by molar-refractivity contribution is 5.87. The molecule has 1 aromatic rings. The predicted octanol–water partition coefficient (Wildman–Crippen LogP) is 2.58. The van der Waals surface area contributed by atoms with Crippen molar-refractivity contribution >= 4 is 12.0 Å². The normalized spacial score (nSPS) is 10.4. The van der Waals surface area contributed by atoms with Gasteiger partial charge in [0.25, 0.3) is 0 Å². The van der Waals surface area contributed by atoms with Gasteiger partial charge in [-0.3, -0.25) is 0 Å². The van der Waals surface area contributed by atoms with Crippen LogP contribution in [0.4, 0.5) is 0 Å². The average Bonchev–Trinajstić information content (AvgIpc) is 2.30. The molecular weight excluding hydrogens is 204 g/mol. The number of carbonyl (C=O) groups excluding carboxylic acids is 1. The average molecular weight is 220 g/mol. The van der Waals surface area contributed by atoms with Crippen molar-refractivity contribution in [3.63, 3.8) is 0 Å². The first kappa shape index (κ1) is 12.3. The summed E-state index contributed by atoms with van der Waals surface area (Å²) in [6, 6.07) is 5.79. The summed E-state index contributed by atoms with van der Waals surface area (Å²) in [5, 5.41) is 0. The maximum atomic E-state index is 10.9. The molecule has 0 aliphatic rings. The molecule has 0 amide bonds. The predicted molar refractivity (Wildman–Crippen MR) is 63.4 cm³/mol. The summed E-state index contributed by atoms with van der Waals surface area (Å²) in [5.41, 5.74) is 2.00. The number of esters is 1. The molecule has 0 atom stereocenters. The third-order valence-corrected chi connectivity index (χ3v) is 2.13. The van der Waals surface area contributed by atoms with Crippen LogP contribution >= 0.6 is 0 Å². The molecule has 0 heterocycles. The van der Waals surface area contributed by atoms with Crippen molar-refractivity contribution in [2.75, 3.05) is 13.7 Å². The summed E-state index contributed by atoms with van der Waals surface area (Å²) in [4.78, 5) is 10.9. The molecule has 0 aliphatic heterocycles. The van der Waals surface area contributed by atoms with Gasteiger partial charge in [-0.05, 0) is 37.1 Å². The number of carbonyl (C=O) groups is 1. The molecule has 1 rings (SSSR count). The number of rotatable bonds is 4. The highest BCUT2D eigenvalue weighted by Crippen LogP contribution is 2.20. The first-order valence-electron chi connectivity index (χ1n) is 5.17. The van der Waals surface area contributed by atoms with Crippen LogP contribution in [0.3, 0.4) is 0 Å². The molecule has 0 unspecified atom stereocenters. The lowest BCUT2D eigenvalue weighted by Crippen LogP contribution is -1.95. The lowest BCUT2D eigenvalue weighted by atomic mass is 10.1. The summed E-state index contributed by atoms with van der Waals surface area (Å²) in [6.07, 6.45) is 3.09. The van der Waals surface area contributed by atoms with Crippen molar-refractivity contribution in [3.8, 4) is 5.75 Å². The van der Waals surface area contributed by atoms with Gasteiger partial charge in [-0.25, -0.2) is 4.79 Å². The third kappa shape index (κ3) is 3.42. The Bertz CT molecular complexity index is 394. The van der Waals surface area contributed by atoms with Gasteiger partial charge >= 0.3 is 5.97 Å². The molecule has 16 heavy (non-hydrogen) atoms. The summed E-state index contributed by atoms with van der Waals surface area (Å²) in [5.74, 6) is 0.480. The van der Waals surface area contributed by atoms with Crippen LogP contribution in [0.25, 0.3) is 6.08 Å². The molecule has 0 fully saturated rings. The number of methoxy groups -OCH3 is 1. The SMILES string of the molecule is CCOc1cc(/C=C/C(=O)OC)ccc1C. The Morgan fingerprint density at radius 2 is 2.19 bits per heavy atom. The van der Waals surface area contributed by atoms with E-state index in [0.717, 1.165) is 16.9 Å². The van der Waals surface area contributed by atoms with E-state index in [2.05, 4.69) is 4.74 Å². The topological polar surface area (TPSA) is 35.5 Å². The Labute approximate surface area is 95.7 Å². The largest absolute Gasteiger partial charge is 0.494 e. The van der Waals surface area contributed by atoms with Crippen LogP contribution < -0.4 is 4.74 Å². The Hall–Kier alpha value is -1.77. The molecule has 0 aliphatic carbocycles. The third-order valence-electron chi connectivity index (χ3n) is 2.13. The number of ether oxygens (including phenoxy) is 2. The van der Waals surface area contributed by atoms with Gasteiger partial charge in [0.1, 0.15) is 5.75 Å². The van der Waals surface area contributed by atoms with Gasteiger partial charge in [-0.15, -0.1) is 0 Å². The van der Waals surface area contributed by atoms with Crippen LogP contribution in [0, 0.1) is 6.92 Å².